The van der Waals surface area contributed by atoms with Gasteiger partial charge in [0.15, 0.2) is 6.29 Å². The Hall–Kier alpha value is -2.12. The number of hydrogen-bond acceptors (Lipinski definition) is 5. The van der Waals surface area contributed by atoms with Gasteiger partial charge in [-0.25, -0.2) is 9.59 Å². The fraction of sp³-hybridized carbons (Fsp3) is 0.429. The van der Waals surface area contributed by atoms with E-state index in [0.29, 0.717) is 17.9 Å². The fourth-order valence-corrected chi connectivity index (χ4v) is 1.55. The van der Waals surface area contributed by atoms with Crippen LogP contribution in [0.1, 0.15) is 17.3 Å². The number of anilines is 1. The van der Waals surface area contributed by atoms with E-state index in [1.807, 2.05) is 0 Å². The van der Waals surface area contributed by atoms with Gasteiger partial charge in [-0.05, 0) is 25.1 Å². The van der Waals surface area contributed by atoms with Crippen LogP contribution in [0.3, 0.4) is 0 Å². The molecule has 1 aromatic carbocycles. The zero-order chi connectivity index (χ0) is 15.7. The van der Waals surface area contributed by atoms with Crippen LogP contribution in [0.15, 0.2) is 24.3 Å². The van der Waals surface area contributed by atoms with Gasteiger partial charge in [0.2, 0.25) is 0 Å². The number of esters is 1. The van der Waals surface area contributed by atoms with E-state index >= 15 is 0 Å². The summed E-state index contributed by atoms with van der Waals surface area (Å²) in [5, 5.41) is 5.20. The van der Waals surface area contributed by atoms with E-state index < -0.39 is 18.3 Å². The average Bonchev–Trinajstić information content (AvgIpc) is 2.49. The highest BCUT2D eigenvalue weighted by Crippen LogP contribution is 2.11. The molecule has 21 heavy (non-hydrogen) atoms. The van der Waals surface area contributed by atoms with E-state index in [2.05, 4.69) is 10.6 Å². The number of amides is 2. The van der Waals surface area contributed by atoms with E-state index in [4.69, 9.17) is 14.2 Å². The molecule has 0 aliphatic heterocycles. The highest BCUT2D eigenvalue weighted by Gasteiger charge is 2.10. The van der Waals surface area contributed by atoms with E-state index in [1.165, 1.54) is 14.2 Å². The lowest BCUT2D eigenvalue weighted by Crippen LogP contribution is -2.36. The number of carbonyl (C=O) groups excluding carboxylic acids is 2. The van der Waals surface area contributed by atoms with E-state index in [-0.39, 0.29) is 6.54 Å². The number of carbonyl (C=O) groups is 2. The van der Waals surface area contributed by atoms with Gasteiger partial charge in [0.1, 0.15) is 0 Å². The maximum Gasteiger partial charge on any atom is 0.338 e. The Morgan fingerprint density at radius 3 is 2.57 bits per heavy atom. The molecule has 0 saturated heterocycles. The summed E-state index contributed by atoms with van der Waals surface area (Å²) >= 11 is 0. The molecule has 0 aliphatic rings. The van der Waals surface area contributed by atoms with Crippen molar-refractivity contribution < 1.29 is 23.8 Å². The Balaban J connectivity index is 2.56. The van der Waals surface area contributed by atoms with Crippen molar-refractivity contribution in [2.75, 3.05) is 32.7 Å². The Labute approximate surface area is 123 Å². The Morgan fingerprint density at radius 1 is 1.24 bits per heavy atom. The lowest BCUT2D eigenvalue weighted by Gasteiger charge is -2.14. The first-order valence-corrected chi connectivity index (χ1v) is 6.48. The number of ether oxygens (including phenoxy) is 3. The molecule has 0 atom stereocenters. The summed E-state index contributed by atoms with van der Waals surface area (Å²) in [6.07, 6.45) is -0.512. The minimum Gasteiger partial charge on any atom is -0.462 e. The van der Waals surface area contributed by atoms with Crippen molar-refractivity contribution in [3.8, 4) is 0 Å². The summed E-state index contributed by atoms with van der Waals surface area (Å²) in [6.45, 7) is 2.23. The van der Waals surface area contributed by atoms with Gasteiger partial charge in [0.05, 0.1) is 18.7 Å². The Bertz CT molecular complexity index is 474. The third kappa shape index (κ3) is 5.80. The molecular weight excluding hydrogens is 276 g/mol. The second kappa shape index (κ2) is 8.93. The van der Waals surface area contributed by atoms with Gasteiger partial charge in [0, 0.05) is 19.9 Å². The molecule has 0 radical (unpaired) electrons. The van der Waals surface area contributed by atoms with Gasteiger partial charge in [-0.15, -0.1) is 0 Å². The van der Waals surface area contributed by atoms with Gasteiger partial charge in [-0.3, -0.25) is 0 Å². The number of benzene rings is 1. The maximum atomic E-state index is 11.7. The van der Waals surface area contributed by atoms with Crippen molar-refractivity contribution in [1.82, 2.24) is 5.32 Å². The van der Waals surface area contributed by atoms with Gasteiger partial charge < -0.3 is 24.8 Å². The third-order valence-corrected chi connectivity index (χ3v) is 2.59. The molecule has 0 heterocycles. The minimum absolute atomic E-state index is 0.205. The minimum atomic E-state index is -0.512. The first kappa shape index (κ1) is 16.9. The molecule has 0 unspecified atom stereocenters. The molecule has 0 fully saturated rings. The highest BCUT2D eigenvalue weighted by atomic mass is 16.7. The Morgan fingerprint density at radius 2 is 1.95 bits per heavy atom. The molecule has 0 aliphatic carbocycles. The van der Waals surface area contributed by atoms with Crippen LogP contribution in [0.2, 0.25) is 0 Å². The zero-order valence-corrected chi connectivity index (χ0v) is 12.3. The quantitative estimate of drug-likeness (QED) is 0.589. The Kier molecular flexibility index (Phi) is 7.20. The van der Waals surface area contributed by atoms with Crippen molar-refractivity contribution in [1.29, 1.82) is 0 Å². The molecule has 116 valence electrons. The van der Waals surface area contributed by atoms with Crippen LogP contribution in [-0.2, 0) is 14.2 Å². The van der Waals surface area contributed by atoms with Crippen molar-refractivity contribution >= 4 is 17.7 Å². The average molecular weight is 296 g/mol. The molecule has 0 bridgehead atoms. The van der Waals surface area contributed by atoms with E-state index in [9.17, 15) is 9.59 Å². The summed E-state index contributed by atoms with van der Waals surface area (Å²) in [4.78, 5) is 23.3. The first-order chi connectivity index (χ1) is 10.1. The van der Waals surface area contributed by atoms with Crippen molar-refractivity contribution in [2.45, 2.75) is 13.2 Å². The van der Waals surface area contributed by atoms with Gasteiger partial charge >= 0.3 is 12.0 Å². The van der Waals surface area contributed by atoms with E-state index in [1.54, 1.807) is 31.2 Å². The topological polar surface area (TPSA) is 85.9 Å². The largest absolute Gasteiger partial charge is 0.462 e. The van der Waals surface area contributed by atoms with Crippen molar-refractivity contribution in [2.24, 2.45) is 0 Å². The molecule has 0 saturated carbocycles. The smallest absolute Gasteiger partial charge is 0.338 e. The van der Waals surface area contributed by atoms with Crippen LogP contribution in [0, 0.1) is 0 Å². The molecule has 1 rings (SSSR count). The van der Waals surface area contributed by atoms with Crippen LogP contribution < -0.4 is 10.6 Å². The summed E-state index contributed by atoms with van der Waals surface area (Å²) in [5.41, 5.74) is 0.866. The second-order valence-corrected chi connectivity index (χ2v) is 4.04. The number of hydrogen-bond donors (Lipinski definition) is 2. The molecule has 0 aromatic heterocycles. The van der Waals surface area contributed by atoms with Crippen LogP contribution in [0.25, 0.3) is 0 Å². The van der Waals surface area contributed by atoms with E-state index in [0.717, 1.165) is 0 Å². The van der Waals surface area contributed by atoms with Crippen molar-refractivity contribution in [3.05, 3.63) is 29.8 Å². The second-order valence-electron chi connectivity index (χ2n) is 4.04. The lowest BCUT2D eigenvalue weighted by molar-refractivity contribution is -0.0970. The molecule has 7 nitrogen and oxygen atoms in total. The van der Waals surface area contributed by atoms with Crippen LogP contribution in [0.5, 0.6) is 0 Å². The highest BCUT2D eigenvalue weighted by molar-refractivity contribution is 5.93. The molecular formula is C14H20N2O5. The SMILES string of the molecule is CCOC(=O)c1cccc(NC(=O)NCC(OC)OC)c1. The standard InChI is InChI=1S/C14H20N2O5/c1-4-21-13(17)10-6-5-7-11(8-10)16-14(18)15-9-12(19-2)20-3/h5-8,12H,4,9H2,1-3H3,(H2,15,16,18). The summed E-state index contributed by atoms with van der Waals surface area (Å²) in [6, 6.07) is 6.07. The summed E-state index contributed by atoms with van der Waals surface area (Å²) < 4.78 is 14.8. The first-order valence-electron chi connectivity index (χ1n) is 6.48. The zero-order valence-electron chi connectivity index (χ0n) is 12.3. The predicted molar refractivity (Wildman–Crippen MR) is 77.2 cm³/mol. The molecule has 0 spiro atoms. The number of rotatable bonds is 7. The molecule has 7 heteroatoms. The summed E-state index contributed by atoms with van der Waals surface area (Å²) in [5.74, 6) is -0.430. The van der Waals surface area contributed by atoms with Gasteiger partial charge in [0.25, 0.3) is 0 Å². The van der Waals surface area contributed by atoms with Gasteiger partial charge in [-0.2, -0.15) is 0 Å². The number of urea groups is 1. The molecule has 2 amide bonds. The van der Waals surface area contributed by atoms with Crippen LogP contribution in [-0.4, -0.2) is 45.7 Å². The third-order valence-electron chi connectivity index (χ3n) is 2.59. The molecule has 1 aromatic rings. The lowest BCUT2D eigenvalue weighted by atomic mass is 10.2. The monoisotopic (exact) mass is 296 g/mol. The van der Waals surface area contributed by atoms with Crippen molar-refractivity contribution in [3.63, 3.8) is 0 Å². The fourth-order valence-electron chi connectivity index (χ4n) is 1.55. The number of methoxy groups -OCH3 is 2. The normalized spacial score (nSPS) is 10.3. The maximum absolute atomic E-state index is 11.7. The molecule has 2 N–H and O–H groups in total. The van der Waals surface area contributed by atoms with Crippen LogP contribution >= 0.6 is 0 Å². The number of nitrogens with one attached hydrogen (secondary N) is 2. The predicted octanol–water partition coefficient (Wildman–Crippen LogP) is 1.60. The summed E-state index contributed by atoms with van der Waals surface area (Å²) in [7, 11) is 2.97. The van der Waals surface area contributed by atoms with Crippen LogP contribution in [0.4, 0.5) is 10.5 Å². The van der Waals surface area contributed by atoms with Gasteiger partial charge in [-0.1, -0.05) is 6.07 Å².